The van der Waals surface area contributed by atoms with Gasteiger partial charge in [-0.15, -0.1) is 0 Å². The second-order valence-electron chi connectivity index (χ2n) is 6.22. The number of aryl methyl sites for hydroxylation is 1. The van der Waals surface area contributed by atoms with Crippen LogP contribution in [0.25, 0.3) is 11.1 Å². The molecule has 0 fully saturated rings. The minimum Gasteiger partial charge on any atom is -0.312 e. The Kier molecular flexibility index (Phi) is 4.07. The molecule has 0 spiro atoms. The van der Waals surface area contributed by atoms with E-state index in [0.717, 1.165) is 47.7 Å². The molecule has 0 atom stereocenters. The highest BCUT2D eigenvalue weighted by molar-refractivity contribution is 6.04. The maximum atomic E-state index is 12.6. The average Bonchev–Trinajstić information content (AvgIpc) is 2.98. The number of carbonyl (C=O) groups is 1. The van der Waals surface area contributed by atoms with E-state index in [9.17, 15) is 4.79 Å². The van der Waals surface area contributed by atoms with Gasteiger partial charge in [0, 0.05) is 37.7 Å². The van der Waals surface area contributed by atoms with Crippen LogP contribution in [0.4, 0.5) is 5.82 Å². The standard InChI is InChI=1S/C20H20N4O/c1-24-19(17-13-21-12-11-18(17)23-24)22-20(25)16-9-7-15(8-10-16)14-5-3-2-4-6-14/h2-10,21H,11-13H2,1H3,(H,22,25). The van der Waals surface area contributed by atoms with Crippen molar-refractivity contribution in [2.45, 2.75) is 13.0 Å². The summed E-state index contributed by atoms with van der Waals surface area (Å²) in [5, 5.41) is 10.9. The quantitative estimate of drug-likeness (QED) is 0.775. The maximum absolute atomic E-state index is 12.6. The number of anilines is 1. The highest BCUT2D eigenvalue weighted by Gasteiger charge is 2.20. The summed E-state index contributed by atoms with van der Waals surface area (Å²) in [6.45, 7) is 1.67. The summed E-state index contributed by atoms with van der Waals surface area (Å²) in [6, 6.07) is 17.8. The fourth-order valence-electron chi connectivity index (χ4n) is 3.21. The predicted octanol–water partition coefficient (Wildman–Crippen LogP) is 2.99. The Morgan fingerprint density at radius 3 is 2.56 bits per heavy atom. The van der Waals surface area contributed by atoms with Crippen LogP contribution in [-0.4, -0.2) is 22.2 Å². The van der Waals surface area contributed by atoms with Gasteiger partial charge in [-0.2, -0.15) is 5.10 Å². The van der Waals surface area contributed by atoms with Gasteiger partial charge in [-0.3, -0.25) is 9.48 Å². The van der Waals surface area contributed by atoms with Crippen LogP contribution in [0.1, 0.15) is 21.6 Å². The van der Waals surface area contributed by atoms with Crippen molar-refractivity contribution in [3.63, 3.8) is 0 Å². The number of nitrogens with one attached hydrogen (secondary N) is 2. The van der Waals surface area contributed by atoms with Gasteiger partial charge in [0.15, 0.2) is 0 Å². The normalized spacial score (nSPS) is 13.3. The van der Waals surface area contributed by atoms with Gasteiger partial charge in [0.05, 0.1) is 5.69 Å². The van der Waals surface area contributed by atoms with E-state index in [1.54, 1.807) is 4.68 Å². The number of fused-ring (bicyclic) bond motifs is 1. The molecular weight excluding hydrogens is 312 g/mol. The number of benzene rings is 2. The molecule has 0 saturated carbocycles. The maximum Gasteiger partial charge on any atom is 0.256 e. The van der Waals surface area contributed by atoms with Crippen LogP contribution in [0.3, 0.4) is 0 Å². The highest BCUT2D eigenvalue weighted by Crippen LogP contribution is 2.23. The zero-order valence-electron chi connectivity index (χ0n) is 14.1. The van der Waals surface area contributed by atoms with Crippen molar-refractivity contribution in [1.82, 2.24) is 15.1 Å². The lowest BCUT2D eigenvalue weighted by atomic mass is 10.0. The molecule has 25 heavy (non-hydrogen) atoms. The molecular formula is C20H20N4O. The van der Waals surface area contributed by atoms with Crippen molar-refractivity contribution < 1.29 is 4.79 Å². The van der Waals surface area contributed by atoms with Crippen LogP contribution >= 0.6 is 0 Å². The van der Waals surface area contributed by atoms with E-state index in [1.165, 1.54) is 0 Å². The Morgan fingerprint density at radius 2 is 1.80 bits per heavy atom. The van der Waals surface area contributed by atoms with Crippen LogP contribution in [0.5, 0.6) is 0 Å². The fraction of sp³-hybridized carbons (Fsp3) is 0.200. The lowest BCUT2D eigenvalue weighted by molar-refractivity contribution is 0.102. The molecule has 5 nitrogen and oxygen atoms in total. The van der Waals surface area contributed by atoms with Crippen molar-refractivity contribution in [2.24, 2.45) is 7.05 Å². The summed E-state index contributed by atoms with van der Waals surface area (Å²) in [4.78, 5) is 12.6. The molecule has 2 N–H and O–H groups in total. The summed E-state index contributed by atoms with van der Waals surface area (Å²) in [5.74, 6) is 0.662. The minimum atomic E-state index is -0.115. The van der Waals surface area contributed by atoms with Gasteiger partial charge in [-0.25, -0.2) is 0 Å². The van der Waals surface area contributed by atoms with Crippen molar-refractivity contribution in [3.05, 3.63) is 71.4 Å². The fourth-order valence-corrected chi connectivity index (χ4v) is 3.21. The van der Waals surface area contributed by atoms with Gasteiger partial charge in [0.1, 0.15) is 5.82 Å². The van der Waals surface area contributed by atoms with Crippen molar-refractivity contribution in [3.8, 4) is 11.1 Å². The Bertz CT molecular complexity index is 897. The highest BCUT2D eigenvalue weighted by atomic mass is 16.1. The number of carbonyl (C=O) groups excluding carboxylic acids is 1. The summed E-state index contributed by atoms with van der Waals surface area (Å²) < 4.78 is 1.76. The molecule has 0 saturated heterocycles. The largest absolute Gasteiger partial charge is 0.312 e. The number of hydrogen-bond donors (Lipinski definition) is 2. The summed E-state index contributed by atoms with van der Waals surface area (Å²) in [6.07, 6.45) is 0.894. The van der Waals surface area contributed by atoms with Crippen LogP contribution in [0.15, 0.2) is 54.6 Å². The van der Waals surface area contributed by atoms with E-state index in [1.807, 2.05) is 49.5 Å². The Balaban J connectivity index is 1.55. The average molecular weight is 332 g/mol. The zero-order valence-corrected chi connectivity index (χ0v) is 14.1. The van der Waals surface area contributed by atoms with Crippen molar-refractivity contribution >= 4 is 11.7 Å². The topological polar surface area (TPSA) is 59.0 Å². The Morgan fingerprint density at radius 1 is 1.08 bits per heavy atom. The number of amides is 1. The molecule has 0 bridgehead atoms. The zero-order chi connectivity index (χ0) is 17.2. The van der Waals surface area contributed by atoms with Gasteiger partial charge >= 0.3 is 0 Å². The minimum absolute atomic E-state index is 0.115. The Labute approximate surface area is 146 Å². The molecule has 126 valence electrons. The summed E-state index contributed by atoms with van der Waals surface area (Å²) in [7, 11) is 1.87. The van der Waals surface area contributed by atoms with E-state index in [0.29, 0.717) is 5.56 Å². The summed E-state index contributed by atoms with van der Waals surface area (Å²) >= 11 is 0. The SMILES string of the molecule is Cn1nc2c(c1NC(=O)c1ccc(-c3ccccc3)cc1)CNCC2. The molecule has 4 rings (SSSR count). The van der Waals surface area contributed by atoms with Gasteiger partial charge in [-0.05, 0) is 23.3 Å². The molecule has 1 aliphatic heterocycles. The first-order valence-corrected chi connectivity index (χ1v) is 8.44. The second kappa shape index (κ2) is 6.53. The molecule has 1 amide bonds. The van der Waals surface area contributed by atoms with Gasteiger partial charge < -0.3 is 10.6 Å². The van der Waals surface area contributed by atoms with Crippen molar-refractivity contribution in [1.29, 1.82) is 0 Å². The number of nitrogens with zero attached hydrogens (tertiary/aromatic N) is 2. The molecule has 1 aromatic heterocycles. The van der Waals surface area contributed by atoms with E-state index in [-0.39, 0.29) is 5.91 Å². The summed E-state index contributed by atoms with van der Waals surface area (Å²) in [5.41, 5.74) is 5.03. The molecule has 5 heteroatoms. The second-order valence-corrected chi connectivity index (χ2v) is 6.22. The number of aromatic nitrogens is 2. The van der Waals surface area contributed by atoms with Gasteiger partial charge in [0.25, 0.3) is 5.91 Å². The van der Waals surface area contributed by atoms with E-state index in [4.69, 9.17) is 0 Å². The van der Waals surface area contributed by atoms with Crippen LogP contribution in [0.2, 0.25) is 0 Å². The number of hydrogen-bond acceptors (Lipinski definition) is 3. The monoisotopic (exact) mass is 332 g/mol. The van der Waals surface area contributed by atoms with Crippen LogP contribution in [0, 0.1) is 0 Å². The predicted molar refractivity (Wildman–Crippen MR) is 98.4 cm³/mol. The molecule has 2 aromatic carbocycles. The first-order valence-electron chi connectivity index (χ1n) is 8.44. The van der Waals surface area contributed by atoms with Gasteiger partial charge in [-0.1, -0.05) is 42.5 Å². The molecule has 0 radical (unpaired) electrons. The first kappa shape index (κ1) is 15.6. The Hall–Kier alpha value is -2.92. The molecule has 0 aliphatic carbocycles. The smallest absolute Gasteiger partial charge is 0.256 e. The van der Waals surface area contributed by atoms with E-state index >= 15 is 0 Å². The van der Waals surface area contributed by atoms with E-state index < -0.39 is 0 Å². The van der Waals surface area contributed by atoms with Crippen LogP contribution < -0.4 is 10.6 Å². The third kappa shape index (κ3) is 3.06. The van der Waals surface area contributed by atoms with E-state index in [2.05, 4.69) is 27.9 Å². The molecule has 2 heterocycles. The third-order valence-electron chi connectivity index (χ3n) is 4.56. The molecule has 3 aromatic rings. The van der Waals surface area contributed by atoms with Gasteiger partial charge in [0.2, 0.25) is 0 Å². The van der Waals surface area contributed by atoms with Crippen molar-refractivity contribution in [2.75, 3.05) is 11.9 Å². The first-order chi connectivity index (χ1) is 12.2. The number of rotatable bonds is 3. The van der Waals surface area contributed by atoms with Crippen LogP contribution in [-0.2, 0) is 20.0 Å². The lowest BCUT2D eigenvalue weighted by Gasteiger charge is -2.13. The third-order valence-corrected chi connectivity index (χ3v) is 4.56. The molecule has 0 unspecified atom stereocenters. The molecule has 1 aliphatic rings. The lowest BCUT2D eigenvalue weighted by Crippen LogP contribution is -2.24.